The number of nitrogens with zero attached hydrogens (tertiary/aromatic N) is 3. The third kappa shape index (κ3) is 2.80. The van der Waals surface area contributed by atoms with Gasteiger partial charge in [-0.05, 0) is 18.8 Å². The molecule has 0 spiro atoms. The monoisotopic (exact) mass is 311 g/mol. The van der Waals surface area contributed by atoms with E-state index in [4.69, 9.17) is 10.00 Å². The van der Waals surface area contributed by atoms with E-state index in [0.29, 0.717) is 24.8 Å². The maximum Gasteiger partial charge on any atom is 0.327 e. The molecule has 1 aliphatic carbocycles. The molecule has 21 heavy (non-hydrogen) atoms. The predicted molar refractivity (Wildman–Crippen MR) is 74.6 cm³/mol. The van der Waals surface area contributed by atoms with E-state index in [2.05, 4.69) is 0 Å². The summed E-state index contributed by atoms with van der Waals surface area (Å²) in [5.74, 6) is -0.103. The number of nitriles is 1. The molecule has 3 fully saturated rings. The number of hydrogen-bond donors (Lipinski definition) is 1. The Morgan fingerprint density at radius 2 is 2.14 bits per heavy atom. The van der Waals surface area contributed by atoms with Crippen LogP contribution in [-0.4, -0.2) is 69.9 Å². The van der Waals surface area contributed by atoms with Crippen LogP contribution in [0.4, 0.5) is 4.79 Å². The standard InChI is InChI=1S/C13H17N3O4S/c14-5-9-6-15(3-4-20-9)13(19)16-10(12(17)18)7-21-11(16)8-1-2-8/h8-11H,1-4,6-7H2,(H,17,18). The number of carboxylic acid groups (broad SMARTS) is 1. The van der Waals surface area contributed by atoms with Gasteiger partial charge in [-0.1, -0.05) is 0 Å². The molecule has 3 rings (SSSR count). The highest BCUT2D eigenvalue weighted by atomic mass is 32.2. The van der Waals surface area contributed by atoms with Gasteiger partial charge >= 0.3 is 12.0 Å². The molecule has 8 heteroatoms. The Kier molecular flexibility index (Phi) is 3.95. The Morgan fingerprint density at radius 3 is 2.76 bits per heavy atom. The maximum absolute atomic E-state index is 12.7. The molecular formula is C13H17N3O4S. The number of ether oxygens (including phenoxy) is 1. The van der Waals surface area contributed by atoms with Crippen LogP contribution >= 0.6 is 11.8 Å². The normalized spacial score (nSPS) is 32.8. The van der Waals surface area contributed by atoms with Crippen molar-refractivity contribution in [1.29, 1.82) is 5.26 Å². The van der Waals surface area contributed by atoms with Gasteiger partial charge in [0.1, 0.15) is 6.04 Å². The van der Waals surface area contributed by atoms with Crippen LogP contribution in [0.3, 0.4) is 0 Å². The molecule has 2 amide bonds. The number of aliphatic carboxylic acids is 1. The van der Waals surface area contributed by atoms with Crippen molar-refractivity contribution in [2.45, 2.75) is 30.4 Å². The summed E-state index contributed by atoms with van der Waals surface area (Å²) in [5.41, 5.74) is 0. The van der Waals surface area contributed by atoms with Gasteiger partial charge in [-0.25, -0.2) is 9.59 Å². The van der Waals surface area contributed by atoms with Crippen molar-refractivity contribution in [3.63, 3.8) is 0 Å². The molecule has 1 saturated carbocycles. The smallest absolute Gasteiger partial charge is 0.327 e. The van der Waals surface area contributed by atoms with Crippen molar-refractivity contribution in [3.05, 3.63) is 0 Å². The van der Waals surface area contributed by atoms with E-state index in [9.17, 15) is 14.7 Å². The van der Waals surface area contributed by atoms with Crippen LogP contribution in [0.25, 0.3) is 0 Å². The van der Waals surface area contributed by atoms with E-state index in [1.165, 1.54) is 4.90 Å². The number of morpholine rings is 1. The Balaban J connectivity index is 1.76. The second kappa shape index (κ2) is 5.73. The Bertz CT molecular complexity index is 490. The van der Waals surface area contributed by atoms with E-state index in [-0.39, 0.29) is 17.9 Å². The topological polar surface area (TPSA) is 93.9 Å². The first-order chi connectivity index (χ1) is 10.1. The number of rotatable bonds is 2. The average molecular weight is 311 g/mol. The molecule has 3 aliphatic rings. The highest BCUT2D eigenvalue weighted by Gasteiger charge is 2.49. The molecule has 0 aromatic rings. The number of carboxylic acids is 1. The van der Waals surface area contributed by atoms with E-state index in [0.717, 1.165) is 12.8 Å². The zero-order valence-electron chi connectivity index (χ0n) is 11.5. The van der Waals surface area contributed by atoms with Gasteiger partial charge in [0.25, 0.3) is 0 Å². The van der Waals surface area contributed by atoms with E-state index in [1.54, 1.807) is 16.7 Å². The highest BCUT2D eigenvalue weighted by molar-refractivity contribution is 8.00. The molecule has 2 heterocycles. The molecule has 0 bridgehead atoms. The predicted octanol–water partition coefficient (Wildman–Crippen LogP) is 0.569. The number of carbonyl (C=O) groups is 2. The average Bonchev–Trinajstić information content (AvgIpc) is 3.24. The third-order valence-corrected chi connectivity index (χ3v) is 5.51. The van der Waals surface area contributed by atoms with Crippen LogP contribution in [0.15, 0.2) is 0 Å². The molecule has 0 aromatic carbocycles. The fourth-order valence-electron chi connectivity index (χ4n) is 2.77. The molecule has 3 atom stereocenters. The number of hydrogen-bond acceptors (Lipinski definition) is 5. The minimum absolute atomic E-state index is 0.0398. The van der Waals surface area contributed by atoms with Crippen molar-refractivity contribution >= 4 is 23.8 Å². The summed E-state index contributed by atoms with van der Waals surface area (Å²) in [6.45, 7) is 0.929. The van der Waals surface area contributed by atoms with E-state index >= 15 is 0 Å². The lowest BCUT2D eigenvalue weighted by Crippen LogP contribution is -2.55. The Morgan fingerprint density at radius 1 is 1.38 bits per heavy atom. The first kappa shape index (κ1) is 14.5. The van der Waals surface area contributed by atoms with Crippen molar-refractivity contribution in [2.75, 3.05) is 25.4 Å². The summed E-state index contributed by atoms with van der Waals surface area (Å²) in [6.07, 6.45) is 1.48. The molecule has 0 radical (unpaired) electrons. The summed E-state index contributed by atoms with van der Waals surface area (Å²) < 4.78 is 5.24. The van der Waals surface area contributed by atoms with Gasteiger partial charge < -0.3 is 14.7 Å². The summed E-state index contributed by atoms with van der Waals surface area (Å²) in [5, 5.41) is 18.2. The molecule has 3 unspecified atom stereocenters. The van der Waals surface area contributed by atoms with Crippen LogP contribution in [0, 0.1) is 17.2 Å². The van der Waals surface area contributed by atoms with Gasteiger partial charge in [0.15, 0.2) is 6.10 Å². The van der Waals surface area contributed by atoms with Gasteiger partial charge in [0.2, 0.25) is 0 Å². The molecule has 2 saturated heterocycles. The highest BCUT2D eigenvalue weighted by Crippen LogP contribution is 2.45. The van der Waals surface area contributed by atoms with Crippen LogP contribution in [-0.2, 0) is 9.53 Å². The molecule has 114 valence electrons. The fourth-order valence-corrected chi connectivity index (χ4v) is 4.39. The van der Waals surface area contributed by atoms with Gasteiger partial charge in [0.05, 0.1) is 24.6 Å². The third-order valence-electron chi connectivity index (χ3n) is 4.05. The minimum Gasteiger partial charge on any atom is -0.480 e. The lowest BCUT2D eigenvalue weighted by Gasteiger charge is -2.36. The lowest BCUT2D eigenvalue weighted by molar-refractivity contribution is -0.141. The first-order valence-electron chi connectivity index (χ1n) is 7.04. The van der Waals surface area contributed by atoms with Crippen LogP contribution in [0.5, 0.6) is 0 Å². The summed E-state index contributed by atoms with van der Waals surface area (Å²) >= 11 is 1.56. The van der Waals surface area contributed by atoms with Crippen molar-refractivity contribution in [2.24, 2.45) is 5.92 Å². The molecule has 7 nitrogen and oxygen atoms in total. The van der Waals surface area contributed by atoms with Crippen molar-refractivity contribution in [3.8, 4) is 6.07 Å². The zero-order chi connectivity index (χ0) is 15.0. The summed E-state index contributed by atoms with van der Waals surface area (Å²) in [7, 11) is 0. The number of urea groups is 1. The number of amides is 2. The van der Waals surface area contributed by atoms with E-state index in [1.807, 2.05) is 6.07 Å². The Hall–Kier alpha value is -1.46. The summed E-state index contributed by atoms with van der Waals surface area (Å²) in [6, 6.07) is 0.966. The molecule has 0 aromatic heterocycles. The van der Waals surface area contributed by atoms with Crippen LogP contribution in [0.1, 0.15) is 12.8 Å². The largest absolute Gasteiger partial charge is 0.480 e. The van der Waals surface area contributed by atoms with Crippen LogP contribution < -0.4 is 0 Å². The van der Waals surface area contributed by atoms with Crippen LogP contribution in [0.2, 0.25) is 0 Å². The number of thioether (sulfide) groups is 1. The van der Waals surface area contributed by atoms with Gasteiger partial charge in [-0.2, -0.15) is 5.26 Å². The molecule has 1 N–H and O–H groups in total. The quantitative estimate of drug-likeness (QED) is 0.801. The van der Waals surface area contributed by atoms with Gasteiger partial charge in [-0.15, -0.1) is 11.8 Å². The first-order valence-corrected chi connectivity index (χ1v) is 8.09. The maximum atomic E-state index is 12.7. The lowest BCUT2D eigenvalue weighted by atomic mass is 10.2. The van der Waals surface area contributed by atoms with Crippen molar-refractivity contribution in [1.82, 2.24) is 9.80 Å². The fraction of sp³-hybridized carbons (Fsp3) is 0.769. The summed E-state index contributed by atoms with van der Waals surface area (Å²) in [4.78, 5) is 27.2. The van der Waals surface area contributed by atoms with Gasteiger partial charge in [0, 0.05) is 12.3 Å². The molecule has 2 aliphatic heterocycles. The van der Waals surface area contributed by atoms with Crippen molar-refractivity contribution < 1.29 is 19.4 Å². The van der Waals surface area contributed by atoms with E-state index < -0.39 is 18.1 Å². The molecular weight excluding hydrogens is 294 g/mol. The second-order valence-electron chi connectivity index (χ2n) is 5.54. The number of carbonyl (C=O) groups excluding carboxylic acids is 1. The Labute approximate surface area is 126 Å². The SMILES string of the molecule is N#CC1CN(C(=O)N2C(C(=O)O)CSC2C2CC2)CCO1. The minimum atomic E-state index is -0.955. The zero-order valence-corrected chi connectivity index (χ0v) is 12.3. The van der Waals surface area contributed by atoms with Gasteiger partial charge in [-0.3, -0.25) is 4.90 Å². The second-order valence-corrected chi connectivity index (χ2v) is 6.69.